The van der Waals surface area contributed by atoms with Gasteiger partial charge in [-0.3, -0.25) is 10.1 Å². The Bertz CT molecular complexity index is 868. The number of amides is 1. The molecule has 0 aromatic carbocycles. The first-order valence-electron chi connectivity index (χ1n) is 7.61. The van der Waals surface area contributed by atoms with Crippen LogP contribution in [0.5, 0.6) is 0 Å². The zero-order valence-electron chi connectivity index (χ0n) is 13.7. The van der Waals surface area contributed by atoms with E-state index in [9.17, 15) is 13.2 Å². The van der Waals surface area contributed by atoms with E-state index < -0.39 is 15.3 Å². The molecule has 1 N–H and O–H groups in total. The van der Waals surface area contributed by atoms with E-state index in [1.807, 2.05) is 18.4 Å². The second-order valence-corrected chi connectivity index (χ2v) is 10.5. The van der Waals surface area contributed by atoms with Gasteiger partial charge in [0.1, 0.15) is 0 Å². The molecule has 1 aliphatic heterocycles. The summed E-state index contributed by atoms with van der Waals surface area (Å²) in [6.07, 6.45) is 0.575. The number of sulfonamides is 1. The molecule has 130 valence electrons. The van der Waals surface area contributed by atoms with E-state index in [4.69, 9.17) is 0 Å². The number of carbonyl (C=O) groups excluding carboxylic acids is 1. The Morgan fingerprint density at radius 1 is 1.42 bits per heavy atom. The smallest absolute Gasteiger partial charge is 0.267 e. The van der Waals surface area contributed by atoms with Crippen molar-refractivity contribution >= 4 is 43.7 Å². The molecule has 2 aromatic rings. The summed E-state index contributed by atoms with van der Waals surface area (Å²) in [6.45, 7) is 6.09. The van der Waals surface area contributed by atoms with Gasteiger partial charge in [0, 0.05) is 24.4 Å². The third-order valence-corrected chi connectivity index (χ3v) is 8.09. The molecule has 0 aliphatic carbocycles. The molecule has 24 heavy (non-hydrogen) atoms. The highest BCUT2D eigenvalue weighted by Gasteiger charge is 2.31. The molecule has 9 heteroatoms. The summed E-state index contributed by atoms with van der Waals surface area (Å²) in [4.78, 5) is 18.2. The summed E-state index contributed by atoms with van der Waals surface area (Å²) in [5.74, 6) is -0.175. The number of hydrogen-bond donors (Lipinski definition) is 1. The van der Waals surface area contributed by atoms with Crippen LogP contribution in [-0.4, -0.2) is 35.4 Å². The molecule has 3 heterocycles. The number of hydrogen-bond acceptors (Lipinski definition) is 6. The molecule has 0 radical (unpaired) electrons. The molecule has 1 aliphatic rings. The van der Waals surface area contributed by atoms with E-state index in [-0.39, 0.29) is 5.91 Å². The standard InChI is InChI=1S/C15H19N3O3S3/c1-9(2)24(20,21)18-5-4-11-13(7-18)23-15(16-11)17-14(19)12-6-10(3)8-22-12/h6,8-9H,4-5,7H2,1-3H3,(H,16,17,19). The molecule has 0 unspecified atom stereocenters. The summed E-state index contributed by atoms with van der Waals surface area (Å²) in [6, 6.07) is 1.84. The Morgan fingerprint density at radius 3 is 2.79 bits per heavy atom. The van der Waals surface area contributed by atoms with Crippen molar-refractivity contribution in [2.24, 2.45) is 0 Å². The molecule has 0 bridgehead atoms. The number of nitrogens with zero attached hydrogens (tertiary/aromatic N) is 2. The molecule has 0 fully saturated rings. The number of aromatic nitrogens is 1. The van der Waals surface area contributed by atoms with Gasteiger partial charge in [-0.05, 0) is 37.8 Å². The van der Waals surface area contributed by atoms with Gasteiger partial charge in [0.05, 0.1) is 15.8 Å². The van der Waals surface area contributed by atoms with Crippen LogP contribution >= 0.6 is 22.7 Å². The molecule has 2 aromatic heterocycles. The lowest BCUT2D eigenvalue weighted by Gasteiger charge is -2.26. The van der Waals surface area contributed by atoms with Crippen LogP contribution in [0.4, 0.5) is 5.13 Å². The van der Waals surface area contributed by atoms with Gasteiger partial charge in [-0.2, -0.15) is 4.31 Å². The molecular formula is C15H19N3O3S3. The van der Waals surface area contributed by atoms with Crippen LogP contribution in [0.2, 0.25) is 0 Å². The Balaban J connectivity index is 1.75. The Hall–Kier alpha value is -1.29. The number of thiophene rings is 1. The van der Waals surface area contributed by atoms with Gasteiger partial charge in [-0.1, -0.05) is 0 Å². The van der Waals surface area contributed by atoms with E-state index in [2.05, 4.69) is 10.3 Å². The van der Waals surface area contributed by atoms with Crippen LogP contribution in [0, 0.1) is 6.92 Å². The van der Waals surface area contributed by atoms with E-state index in [1.54, 1.807) is 13.8 Å². The summed E-state index contributed by atoms with van der Waals surface area (Å²) in [7, 11) is -3.27. The van der Waals surface area contributed by atoms with Gasteiger partial charge in [0.2, 0.25) is 10.0 Å². The van der Waals surface area contributed by atoms with E-state index in [0.29, 0.717) is 29.5 Å². The Kier molecular flexibility index (Phi) is 4.78. The van der Waals surface area contributed by atoms with Crippen molar-refractivity contribution in [1.29, 1.82) is 0 Å². The number of aryl methyl sites for hydroxylation is 1. The van der Waals surface area contributed by atoms with Crippen LogP contribution < -0.4 is 5.32 Å². The second kappa shape index (κ2) is 6.55. The Labute approximate surface area is 149 Å². The maximum atomic E-state index is 12.3. The van der Waals surface area contributed by atoms with Gasteiger partial charge < -0.3 is 0 Å². The summed E-state index contributed by atoms with van der Waals surface area (Å²) in [5.41, 5.74) is 1.94. The second-order valence-electron chi connectivity index (χ2n) is 6.01. The monoisotopic (exact) mass is 385 g/mol. The number of carbonyl (C=O) groups is 1. The van der Waals surface area contributed by atoms with Crippen LogP contribution in [0.25, 0.3) is 0 Å². The SMILES string of the molecule is Cc1csc(C(=O)Nc2nc3c(s2)CN(S(=O)(=O)C(C)C)CC3)c1. The van der Waals surface area contributed by atoms with Crippen molar-refractivity contribution < 1.29 is 13.2 Å². The lowest BCUT2D eigenvalue weighted by Crippen LogP contribution is -2.39. The third kappa shape index (κ3) is 3.39. The molecule has 0 saturated carbocycles. The normalized spacial score (nSPS) is 15.5. The number of fused-ring (bicyclic) bond motifs is 1. The van der Waals surface area contributed by atoms with Gasteiger partial charge in [-0.25, -0.2) is 13.4 Å². The van der Waals surface area contributed by atoms with E-state index in [0.717, 1.165) is 16.1 Å². The molecule has 1 amide bonds. The minimum atomic E-state index is -3.27. The largest absolute Gasteiger partial charge is 0.297 e. The fourth-order valence-corrected chi connectivity index (χ4v) is 5.59. The minimum absolute atomic E-state index is 0.175. The highest BCUT2D eigenvalue weighted by molar-refractivity contribution is 7.89. The number of thiazole rings is 1. The van der Waals surface area contributed by atoms with Gasteiger partial charge in [0.25, 0.3) is 5.91 Å². The van der Waals surface area contributed by atoms with Crippen molar-refractivity contribution in [1.82, 2.24) is 9.29 Å². The van der Waals surface area contributed by atoms with Crippen molar-refractivity contribution in [3.8, 4) is 0 Å². The maximum absolute atomic E-state index is 12.3. The topological polar surface area (TPSA) is 79.4 Å². The summed E-state index contributed by atoms with van der Waals surface area (Å²) >= 11 is 2.75. The molecule has 0 saturated heterocycles. The lowest BCUT2D eigenvalue weighted by molar-refractivity contribution is 0.103. The predicted molar refractivity (Wildman–Crippen MR) is 97.3 cm³/mol. The first-order valence-corrected chi connectivity index (χ1v) is 10.8. The fraction of sp³-hybridized carbons (Fsp3) is 0.467. The van der Waals surface area contributed by atoms with Crippen LogP contribution in [0.3, 0.4) is 0 Å². The summed E-state index contributed by atoms with van der Waals surface area (Å²) in [5, 5.41) is 4.83. The minimum Gasteiger partial charge on any atom is -0.297 e. The molecular weight excluding hydrogens is 366 g/mol. The average molecular weight is 386 g/mol. The van der Waals surface area contributed by atoms with E-state index >= 15 is 0 Å². The molecule has 0 spiro atoms. The van der Waals surface area contributed by atoms with Crippen molar-refractivity contribution in [3.63, 3.8) is 0 Å². The number of nitrogens with one attached hydrogen (secondary N) is 1. The highest BCUT2D eigenvalue weighted by atomic mass is 32.2. The zero-order valence-corrected chi connectivity index (χ0v) is 16.1. The number of rotatable bonds is 4. The summed E-state index contributed by atoms with van der Waals surface area (Å²) < 4.78 is 26.1. The first-order chi connectivity index (χ1) is 11.3. The van der Waals surface area contributed by atoms with Crippen molar-refractivity contribution in [3.05, 3.63) is 32.5 Å². The zero-order chi connectivity index (χ0) is 17.5. The Morgan fingerprint density at radius 2 is 2.17 bits per heavy atom. The van der Waals surface area contributed by atoms with Crippen LogP contribution in [0.1, 0.15) is 39.7 Å². The number of anilines is 1. The predicted octanol–water partition coefficient (Wildman–Crippen LogP) is 2.86. The van der Waals surface area contributed by atoms with Crippen molar-refractivity contribution in [2.75, 3.05) is 11.9 Å². The van der Waals surface area contributed by atoms with Gasteiger partial charge in [-0.15, -0.1) is 22.7 Å². The first kappa shape index (κ1) is 17.5. The molecule has 6 nitrogen and oxygen atoms in total. The maximum Gasteiger partial charge on any atom is 0.267 e. The van der Waals surface area contributed by atoms with Gasteiger partial charge >= 0.3 is 0 Å². The lowest BCUT2D eigenvalue weighted by atomic mass is 10.2. The fourth-order valence-electron chi connectivity index (χ4n) is 2.45. The van der Waals surface area contributed by atoms with Crippen molar-refractivity contribution in [2.45, 2.75) is 39.0 Å². The quantitative estimate of drug-likeness (QED) is 0.878. The average Bonchev–Trinajstić information content (AvgIpc) is 3.11. The van der Waals surface area contributed by atoms with Crippen LogP contribution in [-0.2, 0) is 23.0 Å². The molecule has 0 atom stereocenters. The van der Waals surface area contributed by atoms with E-state index in [1.165, 1.54) is 27.0 Å². The molecule has 3 rings (SSSR count). The van der Waals surface area contributed by atoms with Gasteiger partial charge in [0.15, 0.2) is 5.13 Å². The third-order valence-electron chi connectivity index (χ3n) is 3.83. The van der Waals surface area contributed by atoms with Crippen LogP contribution in [0.15, 0.2) is 11.4 Å². The highest BCUT2D eigenvalue weighted by Crippen LogP contribution is 2.30.